The molecule has 2 aromatic rings. The van der Waals surface area contributed by atoms with Gasteiger partial charge in [0.25, 0.3) is 5.91 Å². The van der Waals surface area contributed by atoms with Gasteiger partial charge in [-0.3, -0.25) is 4.79 Å². The summed E-state index contributed by atoms with van der Waals surface area (Å²) >= 11 is 0. The number of piperidine rings is 2. The Morgan fingerprint density at radius 1 is 1.15 bits per heavy atom. The number of hydrogen-bond donors (Lipinski definition) is 0. The topological polar surface area (TPSA) is 67.2 Å². The number of fused-ring (bicyclic) bond motifs is 1. The Morgan fingerprint density at radius 2 is 1.96 bits per heavy atom. The quantitative estimate of drug-likeness (QED) is 0.808. The van der Waals surface area contributed by atoms with Crippen molar-refractivity contribution in [2.75, 3.05) is 26.7 Å². The Morgan fingerprint density at radius 3 is 2.74 bits per heavy atom. The van der Waals surface area contributed by atoms with E-state index < -0.39 is 0 Å². The maximum Gasteiger partial charge on any atom is 0.253 e. The van der Waals surface area contributed by atoms with Crippen molar-refractivity contribution < 1.29 is 4.79 Å². The van der Waals surface area contributed by atoms with E-state index in [2.05, 4.69) is 20.4 Å². The predicted molar refractivity (Wildman–Crippen MR) is 102 cm³/mol. The summed E-state index contributed by atoms with van der Waals surface area (Å²) in [7, 11) is 1.94. The van der Waals surface area contributed by atoms with Crippen LogP contribution in [0.2, 0.25) is 0 Å². The number of carbonyl (C=O) groups is 1. The minimum Gasteiger partial charge on any atom is -0.341 e. The van der Waals surface area contributed by atoms with Gasteiger partial charge in [0.05, 0.1) is 6.54 Å². The van der Waals surface area contributed by atoms with Crippen molar-refractivity contribution in [3.8, 4) is 0 Å². The van der Waals surface area contributed by atoms with Gasteiger partial charge in [-0.15, -0.1) is 5.10 Å². The first kappa shape index (κ1) is 18.1. The lowest BCUT2D eigenvalue weighted by atomic mass is 9.83. The Labute approximate surface area is 160 Å². The van der Waals surface area contributed by atoms with Crippen molar-refractivity contribution in [1.82, 2.24) is 30.0 Å². The molecule has 2 aliphatic rings. The van der Waals surface area contributed by atoms with Crippen molar-refractivity contribution >= 4 is 5.91 Å². The molecule has 1 aromatic carbocycles. The highest BCUT2D eigenvalue weighted by Gasteiger charge is 2.34. The normalized spacial score (nSPS) is 23.0. The number of rotatable bonds is 5. The molecule has 144 valence electrons. The number of nitrogens with zero attached hydrogens (tertiary/aromatic N) is 6. The number of amides is 1. The fourth-order valence-corrected chi connectivity index (χ4v) is 4.64. The van der Waals surface area contributed by atoms with Crippen LogP contribution in [0.25, 0.3) is 0 Å². The van der Waals surface area contributed by atoms with E-state index in [-0.39, 0.29) is 5.91 Å². The van der Waals surface area contributed by atoms with Gasteiger partial charge in [-0.05, 0) is 72.8 Å². The van der Waals surface area contributed by atoms with Gasteiger partial charge in [-0.1, -0.05) is 18.6 Å². The summed E-state index contributed by atoms with van der Waals surface area (Å²) in [5, 5.41) is 11.2. The van der Waals surface area contributed by atoms with Gasteiger partial charge in [0.15, 0.2) is 0 Å². The predicted octanol–water partition coefficient (Wildman–Crippen LogP) is 2.06. The molecule has 7 nitrogen and oxygen atoms in total. The third-order valence-electron chi connectivity index (χ3n) is 6.02. The number of aromatic nitrogens is 4. The van der Waals surface area contributed by atoms with Crippen molar-refractivity contribution in [1.29, 1.82) is 0 Å². The van der Waals surface area contributed by atoms with Gasteiger partial charge in [0.1, 0.15) is 6.33 Å². The number of tetrazole rings is 1. The molecule has 0 bridgehead atoms. The number of hydrogen-bond acceptors (Lipinski definition) is 5. The average Bonchev–Trinajstić information content (AvgIpc) is 3.21. The average molecular weight is 368 g/mol. The zero-order valence-electron chi connectivity index (χ0n) is 16.0. The van der Waals surface area contributed by atoms with Crippen LogP contribution in [0.1, 0.15) is 48.0 Å². The van der Waals surface area contributed by atoms with E-state index in [1.807, 2.05) is 36.2 Å². The lowest BCUT2D eigenvalue weighted by Gasteiger charge is -2.45. The summed E-state index contributed by atoms with van der Waals surface area (Å²) < 4.78 is 1.67. The largest absolute Gasteiger partial charge is 0.341 e. The smallest absolute Gasteiger partial charge is 0.253 e. The van der Waals surface area contributed by atoms with Crippen LogP contribution in [0, 0.1) is 5.92 Å². The highest BCUT2D eigenvalue weighted by atomic mass is 16.2. The fourth-order valence-electron chi connectivity index (χ4n) is 4.64. The summed E-state index contributed by atoms with van der Waals surface area (Å²) in [6.45, 7) is 3.94. The van der Waals surface area contributed by atoms with Gasteiger partial charge in [-0.25, -0.2) is 4.68 Å². The highest BCUT2D eigenvalue weighted by Crippen LogP contribution is 2.31. The minimum atomic E-state index is 0.108. The van der Waals surface area contributed by atoms with Gasteiger partial charge in [-0.2, -0.15) is 0 Å². The summed E-state index contributed by atoms with van der Waals surface area (Å²) in [4.78, 5) is 17.5. The van der Waals surface area contributed by atoms with E-state index >= 15 is 0 Å². The maximum absolute atomic E-state index is 12.9. The summed E-state index contributed by atoms with van der Waals surface area (Å²) in [5.41, 5.74) is 1.82. The molecule has 27 heavy (non-hydrogen) atoms. The van der Waals surface area contributed by atoms with Crippen LogP contribution in [0.15, 0.2) is 30.6 Å². The summed E-state index contributed by atoms with van der Waals surface area (Å²) in [6.07, 6.45) is 8.04. The summed E-state index contributed by atoms with van der Waals surface area (Å²) in [6, 6.07) is 8.44. The van der Waals surface area contributed by atoms with E-state index in [0.717, 1.165) is 17.7 Å². The monoisotopic (exact) mass is 368 g/mol. The zero-order chi connectivity index (χ0) is 18.6. The molecule has 0 saturated carbocycles. The van der Waals surface area contributed by atoms with Gasteiger partial charge in [0, 0.05) is 25.2 Å². The molecule has 7 heteroatoms. The third-order valence-corrected chi connectivity index (χ3v) is 6.02. The standard InChI is InChI=1S/C20H28N6O/c1-24(14-18-5-4-12-25-11-3-2-6-19(18)25)20(27)17-9-7-16(8-10-17)13-26-15-21-22-23-26/h7-10,15,18-19H,2-6,11-14H2,1H3/t18-,19-/m0/s1. The molecule has 2 fully saturated rings. The second-order valence-corrected chi connectivity index (χ2v) is 7.89. The first-order valence-corrected chi connectivity index (χ1v) is 10.00. The number of carbonyl (C=O) groups excluding carboxylic acids is 1. The van der Waals surface area contributed by atoms with E-state index in [1.54, 1.807) is 11.0 Å². The van der Waals surface area contributed by atoms with E-state index in [0.29, 0.717) is 18.5 Å². The first-order valence-electron chi connectivity index (χ1n) is 10.00. The Hall–Kier alpha value is -2.28. The lowest BCUT2D eigenvalue weighted by Crippen LogP contribution is -2.51. The third kappa shape index (κ3) is 4.18. The molecule has 0 spiro atoms. The molecule has 2 aliphatic heterocycles. The highest BCUT2D eigenvalue weighted by molar-refractivity contribution is 5.94. The second-order valence-electron chi connectivity index (χ2n) is 7.89. The van der Waals surface area contributed by atoms with Crippen LogP contribution in [-0.2, 0) is 6.54 Å². The zero-order valence-corrected chi connectivity index (χ0v) is 16.0. The van der Waals surface area contributed by atoms with E-state index in [9.17, 15) is 4.79 Å². The van der Waals surface area contributed by atoms with Crippen LogP contribution in [0.3, 0.4) is 0 Å². The maximum atomic E-state index is 12.9. The van der Waals surface area contributed by atoms with Crippen molar-refractivity contribution in [3.63, 3.8) is 0 Å². The fraction of sp³-hybridized carbons (Fsp3) is 0.600. The molecule has 0 radical (unpaired) electrons. The molecule has 0 unspecified atom stereocenters. The molecule has 2 atom stereocenters. The molecular weight excluding hydrogens is 340 g/mol. The van der Waals surface area contributed by atoms with Gasteiger partial charge in [0.2, 0.25) is 0 Å². The molecule has 0 N–H and O–H groups in total. The molecule has 3 heterocycles. The van der Waals surface area contributed by atoms with Crippen LogP contribution in [0.4, 0.5) is 0 Å². The van der Waals surface area contributed by atoms with E-state index in [1.165, 1.54) is 45.2 Å². The van der Waals surface area contributed by atoms with Gasteiger partial charge >= 0.3 is 0 Å². The first-order chi connectivity index (χ1) is 13.2. The Kier molecular flexibility index (Phi) is 5.48. The molecule has 1 aromatic heterocycles. The SMILES string of the molecule is CN(C[C@@H]1CCCN2CCCC[C@@H]12)C(=O)c1ccc(Cn2cnnn2)cc1. The molecule has 4 rings (SSSR count). The molecule has 1 amide bonds. The van der Waals surface area contributed by atoms with Crippen LogP contribution in [0.5, 0.6) is 0 Å². The Balaban J connectivity index is 1.37. The van der Waals surface area contributed by atoms with Crippen LogP contribution >= 0.6 is 0 Å². The molecule has 0 aliphatic carbocycles. The van der Waals surface area contributed by atoms with Crippen molar-refractivity contribution in [2.45, 2.75) is 44.7 Å². The van der Waals surface area contributed by atoms with Crippen molar-refractivity contribution in [2.24, 2.45) is 5.92 Å². The minimum absolute atomic E-state index is 0.108. The van der Waals surface area contributed by atoms with Crippen molar-refractivity contribution in [3.05, 3.63) is 41.7 Å². The van der Waals surface area contributed by atoms with Gasteiger partial charge < -0.3 is 9.80 Å². The van der Waals surface area contributed by atoms with Crippen LogP contribution in [-0.4, -0.2) is 68.6 Å². The van der Waals surface area contributed by atoms with Crippen LogP contribution < -0.4 is 0 Å². The number of benzene rings is 1. The second kappa shape index (κ2) is 8.17. The Bertz CT molecular complexity index is 742. The molecule has 2 saturated heterocycles. The lowest BCUT2D eigenvalue weighted by molar-refractivity contribution is 0.0403. The summed E-state index contributed by atoms with van der Waals surface area (Å²) in [5.74, 6) is 0.712. The van der Waals surface area contributed by atoms with E-state index in [4.69, 9.17) is 0 Å². The molecular formula is C20H28N6O.